The zero-order chi connectivity index (χ0) is 16.2. The molecule has 1 aliphatic heterocycles. The molecule has 0 aromatic carbocycles. The van der Waals surface area contributed by atoms with E-state index in [0.717, 1.165) is 44.2 Å². The summed E-state index contributed by atoms with van der Waals surface area (Å²) in [7, 11) is 1.97. The number of hydrogen-bond acceptors (Lipinski definition) is 3. The minimum atomic E-state index is -0.0731. The number of rotatable bonds is 5. The summed E-state index contributed by atoms with van der Waals surface area (Å²) in [4.78, 5) is 4.70. The summed E-state index contributed by atoms with van der Waals surface area (Å²) in [6.07, 6.45) is 2.24. The molecule has 1 aromatic rings. The lowest BCUT2D eigenvalue weighted by Crippen LogP contribution is -2.45. The van der Waals surface area contributed by atoms with Gasteiger partial charge in [-0.2, -0.15) is 5.10 Å². The van der Waals surface area contributed by atoms with Crippen LogP contribution in [-0.4, -0.2) is 41.0 Å². The number of ether oxygens (including phenoxy) is 1. The Labute approximate surface area is 133 Å². The summed E-state index contributed by atoms with van der Waals surface area (Å²) < 4.78 is 7.73. The molecule has 1 saturated heterocycles. The molecule has 1 atom stereocenters. The van der Waals surface area contributed by atoms with Gasteiger partial charge in [0.1, 0.15) is 0 Å². The Kier molecular flexibility index (Phi) is 5.45. The van der Waals surface area contributed by atoms with E-state index in [4.69, 9.17) is 9.73 Å². The maximum atomic E-state index is 5.81. The molecule has 0 aliphatic carbocycles. The number of aromatic nitrogens is 2. The Morgan fingerprint density at radius 1 is 1.41 bits per heavy atom. The van der Waals surface area contributed by atoms with E-state index in [1.54, 1.807) is 0 Å². The topological polar surface area (TPSA) is 63.5 Å². The lowest BCUT2D eigenvalue weighted by Gasteiger charge is -2.24. The van der Waals surface area contributed by atoms with E-state index in [1.165, 1.54) is 11.3 Å². The third-order valence-electron chi connectivity index (χ3n) is 4.33. The highest BCUT2D eigenvalue weighted by Crippen LogP contribution is 2.23. The van der Waals surface area contributed by atoms with Gasteiger partial charge in [-0.25, -0.2) is 4.99 Å². The van der Waals surface area contributed by atoms with Crippen molar-refractivity contribution in [1.29, 1.82) is 0 Å². The molecule has 2 heterocycles. The smallest absolute Gasteiger partial charge is 0.191 e. The molecule has 6 nitrogen and oxygen atoms in total. The van der Waals surface area contributed by atoms with Gasteiger partial charge in [-0.3, -0.25) is 4.68 Å². The first-order valence-electron chi connectivity index (χ1n) is 8.10. The van der Waals surface area contributed by atoms with Gasteiger partial charge in [0.15, 0.2) is 5.96 Å². The van der Waals surface area contributed by atoms with Crippen LogP contribution in [0.2, 0.25) is 0 Å². The average Bonchev–Trinajstić information content (AvgIpc) is 3.00. The molecule has 1 fully saturated rings. The first kappa shape index (κ1) is 16.8. The number of aryl methyl sites for hydroxylation is 2. The van der Waals surface area contributed by atoms with Crippen molar-refractivity contribution in [3.8, 4) is 0 Å². The first-order chi connectivity index (χ1) is 10.4. The van der Waals surface area contributed by atoms with Crippen molar-refractivity contribution >= 4 is 5.96 Å². The molecule has 22 heavy (non-hydrogen) atoms. The van der Waals surface area contributed by atoms with Gasteiger partial charge in [0, 0.05) is 38.0 Å². The molecule has 0 bridgehead atoms. The lowest BCUT2D eigenvalue weighted by atomic mass is 10.0. The second kappa shape index (κ2) is 7.13. The standard InChI is InChI=1S/C16H29N5O/c1-6-17-15(19-11-16(4)8-7-9-22-16)18-10-14-12(2)20-21(5)13(14)3/h6-11H2,1-5H3,(H2,17,18,19). The van der Waals surface area contributed by atoms with Gasteiger partial charge in [0.25, 0.3) is 0 Å². The zero-order valence-corrected chi connectivity index (χ0v) is 14.5. The van der Waals surface area contributed by atoms with Crippen LogP contribution >= 0.6 is 0 Å². The minimum Gasteiger partial charge on any atom is -0.373 e. The van der Waals surface area contributed by atoms with Crippen LogP contribution in [0.5, 0.6) is 0 Å². The fourth-order valence-corrected chi connectivity index (χ4v) is 2.79. The molecule has 0 radical (unpaired) electrons. The Morgan fingerprint density at radius 3 is 2.73 bits per heavy atom. The van der Waals surface area contributed by atoms with E-state index in [2.05, 4.69) is 36.5 Å². The first-order valence-corrected chi connectivity index (χ1v) is 8.10. The average molecular weight is 307 g/mol. The molecular formula is C16H29N5O. The molecule has 2 N–H and O–H groups in total. The van der Waals surface area contributed by atoms with Gasteiger partial charge in [-0.15, -0.1) is 0 Å². The monoisotopic (exact) mass is 307 g/mol. The van der Waals surface area contributed by atoms with E-state index in [-0.39, 0.29) is 5.60 Å². The Balaban J connectivity index is 2.00. The van der Waals surface area contributed by atoms with Gasteiger partial charge in [0.2, 0.25) is 0 Å². The number of nitrogens with one attached hydrogen (secondary N) is 2. The summed E-state index contributed by atoms with van der Waals surface area (Å²) in [5.74, 6) is 0.835. The van der Waals surface area contributed by atoms with E-state index in [0.29, 0.717) is 6.54 Å². The molecule has 2 rings (SSSR count). The summed E-state index contributed by atoms with van der Waals surface area (Å²) in [5, 5.41) is 11.1. The highest BCUT2D eigenvalue weighted by Gasteiger charge is 2.29. The molecule has 0 amide bonds. The second-order valence-corrected chi connectivity index (χ2v) is 6.22. The number of aliphatic imine (C=N–C) groups is 1. The van der Waals surface area contributed by atoms with Gasteiger partial charge >= 0.3 is 0 Å². The third-order valence-corrected chi connectivity index (χ3v) is 4.33. The molecule has 6 heteroatoms. The van der Waals surface area contributed by atoms with Crippen molar-refractivity contribution in [1.82, 2.24) is 20.4 Å². The van der Waals surface area contributed by atoms with Gasteiger partial charge in [0.05, 0.1) is 17.8 Å². The summed E-state index contributed by atoms with van der Waals surface area (Å²) in [6, 6.07) is 0. The molecular weight excluding hydrogens is 278 g/mol. The highest BCUT2D eigenvalue weighted by atomic mass is 16.5. The van der Waals surface area contributed by atoms with Crippen molar-refractivity contribution in [3.05, 3.63) is 17.0 Å². The van der Waals surface area contributed by atoms with Crippen molar-refractivity contribution in [2.24, 2.45) is 12.0 Å². The van der Waals surface area contributed by atoms with Crippen LogP contribution in [0.4, 0.5) is 0 Å². The van der Waals surface area contributed by atoms with Crippen LogP contribution in [-0.2, 0) is 18.3 Å². The second-order valence-electron chi connectivity index (χ2n) is 6.22. The number of guanidine groups is 1. The Morgan fingerprint density at radius 2 is 2.18 bits per heavy atom. The van der Waals surface area contributed by atoms with Crippen molar-refractivity contribution in [2.75, 3.05) is 19.7 Å². The van der Waals surface area contributed by atoms with Crippen molar-refractivity contribution in [2.45, 2.75) is 52.7 Å². The van der Waals surface area contributed by atoms with E-state index >= 15 is 0 Å². The zero-order valence-electron chi connectivity index (χ0n) is 14.5. The SMILES string of the molecule is CCNC(=NCc1c(C)nn(C)c1C)NCC1(C)CCCO1. The van der Waals surface area contributed by atoms with Gasteiger partial charge in [-0.1, -0.05) is 0 Å². The van der Waals surface area contributed by atoms with Gasteiger partial charge in [-0.05, 0) is 40.5 Å². The number of hydrogen-bond donors (Lipinski definition) is 2. The van der Waals surface area contributed by atoms with Gasteiger partial charge < -0.3 is 15.4 Å². The molecule has 1 aliphatic rings. The lowest BCUT2D eigenvalue weighted by molar-refractivity contribution is 0.0243. The number of nitrogens with zero attached hydrogens (tertiary/aromatic N) is 3. The van der Waals surface area contributed by atoms with E-state index < -0.39 is 0 Å². The quantitative estimate of drug-likeness (QED) is 0.641. The normalized spacial score (nSPS) is 22.1. The van der Waals surface area contributed by atoms with Crippen LogP contribution in [0, 0.1) is 13.8 Å². The molecule has 124 valence electrons. The third kappa shape index (κ3) is 4.00. The predicted molar refractivity (Wildman–Crippen MR) is 89.1 cm³/mol. The van der Waals surface area contributed by atoms with Crippen molar-refractivity contribution in [3.63, 3.8) is 0 Å². The summed E-state index contributed by atoms with van der Waals surface area (Å²) in [6.45, 7) is 11.5. The summed E-state index contributed by atoms with van der Waals surface area (Å²) >= 11 is 0. The largest absolute Gasteiger partial charge is 0.373 e. The summed E-state index contributed by atoms with van der Waals surface area (Å²) in [5.41, 5.74) is 3.34. The van der Waals surface area contributed by atoms with Crippen LogP contribution < -0.4 is 10.6 Å². The van der Waals surface area contributed by atoms with E-state index in [9.17, 15) is 0 Å². The maximum absolute atomic E-state index is 5.81. The Bertz CT molecular complexity index is 529. The van der Waals surface area contributed by atoms with Crippen molar-refractivity contribution < 1.29 is 4.74 Å². The fraction of sp³-hybridized carbons (Fsp3) is 0.750. The van der Waals surface area contributed by atoms with E-state index in [1.807, 2.05) is 18.7 Å². The fourth-order valence-electron chi connectivity index (χ4n) is 2.79. The molecule has 0 spiro atoms. The Hall–Kier alpha value is -1.56. The van der Waals surface area contributed by atoms with Crippen LogP contribution in [0.15, 0.2) is 4.99 Å². The molecule has 0 saturated carbocycles. The predicted octanol–water partition coefficient (Wildman–Crippen LogP) is 1.66. The molecule has 1 aromatic heterocycles. The molecule has 1 unspecified atom stereocenters. The van der Waals surface area contributed by atoms with Crippen LogP contribution in [0.25, 0.3) is 0 Å². The van der Waals surface area contributed by atoms with Crippen LogP contribution in [0.3, 0.4) is 0 Å². The van der Waals surface area contributed by atoms with Crippen LogP contribution in [0.1, 0.15) is 43.6 Å². The highest BCUT2D eigenvalue weighted by molar-refractivity contribution is 5.79. The minimum absolute atomic E-state index is 0.0731. The maximum Gasteiger partial charge on any atom is 0.191 e.